The van der Waals surface area contributed by atoms with Gasteiger partial charge in [0.1, 0.15) is 5.82 Å². The Morgan fingerprint density at radius 2 is 2.00 bits per heavy atom. The van der Waals surface area contributed by atoms with Crippen LogP contribution < -0.4 is 5.32 Å². The van der Waals surface area contributed by atoms with Crippen molar-refractivity contribution in [3.63, 3.8) is 0 Å². The maximum Gasteiger partial charge on any atom is 0.110 e. The Morgan fingerprint density at radius 1 is 1.26 bits per heavy atom. The number of nitrogens with one attached hydrogen (secondary N) is 1. The van der Waals surface area contributed by atoms with Crippen molar-refractivity contribution < 1.29 is 0 Å². The number of imidazole rings is 1. The smallest absolute Gasteiger partial charge is 0.110 e. The average molecular weight is 259 g/mol. The van der Waals surface area contributed by atoms with Crippen LogP contribution >= 0.6 is 0 Å². The Hall–Kier alpha value is -1.35. The highest BCUT2D eigenvalue weighted by atomic mass is 15.1. The third-order valence-corrected chi connectivity index (χ3v) is 3.74. The number of rotatable bonds is 6. The standard InChI is InChI=1S/C16H25N3/c1-5-17-11-10-16(2,3)12-15-18-13-8-6-7-9-14(13)19(15)4/h6-9,17H,5,10-12H2,1-4H3. The Bertz CT molecular complexity index is 540. The van der Waals surface area contributed by atoms with Crippen molar-refractivity contribution in [1.29, 1.82) is 0 Å². The van der Waals surface area contributed by atoms with Crippen molar-refractivity contribution in [2.45, 2.75) is 33.6 Å². The van der Waals surface area contributed by atoms with E-state index in [0.717, 1.165) is 25.0 Å². The lowest BCUT2D eigenvalue weighted by Gasteiger charge is -2.24. The second kappa shape index (κ2) is 5.74. The minimum atomic E-state index is 0.275. The molecule has 2 aromatic rings. The predicted octanol–water partition coefficient (Wildman–Crippen LogP) is 3.14. The summed E-state index contributed by atoms with van der Waals surface area (Å²) in [4.78, 5) is 4.77. The van der Waals surface area contributed by atoms with Crippen LogP contribution in [0.15, 0.2) is 24.3 Å². The molecule has 1 heterocycles. The van der Waals surface area contributed by atoms with Crippen molar-refractivity contribution >= 4 is 11.0 Å². The predicted molar refractivity (Wildman–Crippen MR) is 81.4 cm³/mol. The summed E-state index contributed by atoms with van der Waals surface area (Å²) in [5.41, 5.74) is 2.60. The molecule has 1 aromatic carbocycles. The van der Waals surface area contributed by atoms with Crippen LogP contribution in [-0.4, -0.2) is 22.6 Å². The van der Waals surface area contributed by atoms with Gasteiger partial charge in [-0.25, -0.2) is 4.98 Å². The Kier molecular flexibility index (Phi) is 4.25. The van der Waals surface area contributed by atoms with E-state index >= 15 is 0 Å². The molecule has 1 aromatic heterocycles. The van der Waals surface area contributed by atoms with Gasteiger partial charge >= 0.3 is 0 Å². The molecule has 1 N–H and O–H groups in total. The maximum atomic E-state index is 4.77. The minimum Gasteiger partial charge on any atom is -0.331 e. The van der Waals surface area contributed by atoms with Crippen LogP contribution in [0.4, 0.5) is 0 Å². The fourth-order valence-electron chi connectivity index (χ4n) is 2.47. The van der Waals surface area contributed by atoms with E-state index in [2.05, 4.69) is 62.0 Å². The lowest BCUT2D eigenvalue weighted by Crippen LogP contribution is -2.24. The first kappa shape index (κ1) is 14.1. The van der Waals surface area contributed by atoms with Gasteiger partial charge in [0.2, 0.25) is 0 Å². The zero-order chi connectivity index (χ0) is 13.9. The van der Waals surface area contributed by atoms with Crippen LogP contribution in [-0.2, 0) is 13.5 Å². The number of benzene rings is 1. The highest BCUT2D eigenvalue weighted by Crippen LogP contribution is 2.26. The fraction of sp³-hybridized carbons (Fsp3) is 0.562. The van der Waals surface area contributed by atoms with Crippen LogP contribution in [0, 0.1) is 5.41 Å². The molecule has 0 saturated heterocycles. The molecule has 19 heavy (non-hydrogen) atoms. The van der Waals surface area contributed by atoms with E-state index in [-0.39, 0.29) is 5.41 Å². The van der Waals surface area contributed by atoms with Crippen LogP contribution in [0.3, 0.4) is 0 Å². The molecule has 0 aliphatic rings. The summed E-state index contributed by atoms with van der Waals surface area (Å²) < 4.78 is 2.23. The van der Waals surface area contributed by atoms with Gasteiger partial charge in [-0.2, -0.15) is 0 Å². The lowest BCUT2D eigenvalue weighted by atomic mass is 9.85. The maximum absolute atomic E-state index is 4.77. The van der Waals surface area contributed by atoms with Crippen LogP contribution in [0.2, 0.25) is 0 Å². The van der Waals surface area contributed by atoms with E-state index in [9.17, 15) is 0 Å². The van der Waals surface area contributed by atoms with Gasteiger partial charge in [0.25, 0.3) is 0 Å². The fourth-order valence-corrected chi connectivity index (χ4v) is 2.47. The molecular formula is C16H25N3. The first-order chi connectivity index (χ1) is 9.03. The molecule has 0 radical (unpaired) electrons. The topological polar surface area (TPSA) is 29.9 Å². The van der Waals surface area contributed by atoms with Gasteiger partial charge in [0, 0.05) is 13.5 Å². The van der Waals surface area contributed by atoms with Crippen molar-refractivity contribution in [1.82, 2.24) is 14.9 Å². The average Bonchev–Trinajstić information content (AvgIpc) is 2.66. The van der Waals surface area contributed by atoms with Gasteiger partial charge in [-0.05, 0) is 37.1 Å². The number of aromatic nitrogens is 2. The van der Waals surface area contributed by atoms with Gasteiger partial charge in [0.05, 0.1) is 11.0 Å². The van der Waals surface area contributed by atoms with E-state index in [1.165, 1.54) is 17.8 Å². The summed E-state index contributed by atoms with van der Waals surface area (Å²) in [5.74, 6) is 1.18. The molecule has 0 fully saturated rings. The quantitative estimate of drug-likeness (QED) is 0.808. The Labute approximate surface area is 116 Å². The Balaban J connectivity index is 2.14. The largest absolute Gasteiger partial charge is 0.331 e. The number of para-hydroxylation sites is 2. The molecule has 0 amide bonds. The lowest BCUT2D eigenvalue weighted by molar-refractivity contribution is 0.317. The summed E-state index contributed by atoms with van der Waals surface area (Å²) in [5, 5.41) is 3.40. The minimum absolute atomic E-state index is 0.275. The SMILES string of the molecule is CCNCCC(C)(C)Cc1nc2ccccc2n1C. The van der Waals surface area contributed by atoms with Gasteiger partial charge in [-0.3, -0.25) is 0 Å². The summed E-state index contributed by atoms with van der Waals surface area (Å²) in [6, 6.07) is 8.35. The van der Waals surface area contributed by atoms with Crippen LogP contribution in [0.25, 0.3) is 11.0 Å². The number of nitrogens with zero attached hydrogens (tertiary/aromatic N) is 2. The summed E-state index contributed by atoms with van der Waals surface area (Å²) in [7, 11) is 2.12. The first-order valence-corrected chi connectivity index (χ1v) is 7.14. The molecule has 3 nitrogen and oxygen atoms in total. The molecule has 0 unspecified atom stereocenters. The van der Waals surface area contributed by atoms with Crippen molar-refractivity contribution in [2.75, 3.05) is 13.1 Å². The first-order valence-electron chi connectivity index (χ1n) is 7.14. The Morgan fingerprint density at radius 3 is 2.68 bits per heavy atom. The molecule has 0 atom stereocenters. The number of aryl methyl sites for hydroxylation is 1. The van der Waals surface area contributed by atoms with Crippen LogP contribution in [0.1, 0.15) is 33.0 Å². The molecule has 0 bridgehead atoms. The second-order valence-electron chi connectivity index (χ2n) is 6.02. The molecule has 0 spiro atoms. The van der Waals surface area contributed by atoms with Crippen LogP contribution in [0.5, 0.6) is 0 Å². The molecular weight excluding hydrogens is 234 g/mol. The number of hydrogen-bond acceptors (Lipinski definition) is 2. The molecule has 0 saturated carbocycles. The van der Waals surface area contributed by atoms with Crippen molar-refractivity contribution in [3.05, 3.63) is 30.1 Å². The van der Waals surface area contributed by atoms with Gasteiger partial charge in [-0.1, -0.05) is 32.9 Å². The second-order valence-corrected chi connectivity index (χ2v) is 6.02. The monoisotopic (exact) mass is 259 g/mol. The van der Waals surface area contributed by atoms with E-state index in [4.69, 9.17) is 4.98 Å². The summed E-state index contributed by atoms with van der Waals surface area (Å²) in [6.45, 7) is 8.92. The number of hydrogen-bond donors (Lipinski definition) is 1. The third kappa shape index (κ3) is 3.35. The molecule has 104 valence electrons. The van der Waals surface area contributed by atoms with Gasteiger partial charge < -0.3 is 9.88 Å². The zero-order valence-corrected chi connectivity index (χ0v) is 12.5. The highest BCUT2D eigenvalue weighted by Gasteiger charge is 2.21. The van der Waals surface area contributed by atoms with Gasteiger partial charge in [0.15, 0.2) is 0 Å². The summed E-state index contributed by atoms with van der Waals surface area (Å²) >= 11 is 0. The van der Waals surface area contributed by atoms with Gasteiger partial charge in [-0.15, -0.1) is 0 Å². The van der Waals surface area contributed by atoms with Crippen molar-refractivity contribution in [3.8, 4) is 0 Å². The zero-order valence-electron chi connectivity index (χ0n) is 12.5. The highest BCUT2D eigenvalue weighted by molar-refractivity contribution is 5.75. The molecule has 3 heteroatoms. The van der Waals surface area contributed by atoms with E-state index < -0.39 is 0 Å². The van der Waals surface area contributed by atoms with E-state index in [1.807, 2.05) is 0 Å². The third-order valence-electron chi connectivity index (χ3n) is 3.74. The molecule has 2 rings (SSSR count). The van der Waals surface area contributed by atoms with Crippen molar-refractivity contribution in [2.24, 2.45) is 12.5 Å². The molecule has 0 aliphatic carbocycles. The summed E-state index contributed by atoms with van der Waals surface area (Å²) in [6.07, 6.45) is 2.19. The number of fused-ring (bicyclic) bond motifs is 1. The van der Waals surface area contributed by atoms with E-state index in [0.29, 0.717) is 0 Å². The molecule has 0 aliphatic heterocycles. The normalized spacial score (nSPS) is 12.2. The van der Waals surface area contributed by atoms with E-state index in [1.54, 1.807) is 0 Å².